The number of rotatable bonds is 5. The Labute approximate surface area is 131 Å². The molecule has 1 aliphatic heterocycles. The van der Waals surface area contributed by atoms with E-state index in [1.807, 2.05) is 0 Å². The summed E-state index contributed by atoms with van der Waals surface area (Å²) in [6.07, 6.45) is 7.25. The van der Waals surface area contributed by atoms with Gasteiger partial charge in [0.25, 0.3) is 0 Å². The highest BCUT2D eigenvalue weighted by Gasteiger charge is 2.20. The number of hydrogen-bond donors (Lipinski definition) is 1. The van der Waals surface area contributed by atoms with E-state index in [0.717, 1.165) is 6.04 Å². The topological polar surface area (TPSA) is 18.5 Å². The van der Waals surface area contributed by atoms with Crippen molar-refractivity contribution in [1.82, 2.24) is 15.1 Å². The van der Waals surface area contributed by atoms with E-state index in [2.05, 4.69) is 22.0 Å². The molecule has 3 nitrogen and oxygen atoms in total. The van der Waals surface area contributed by atoms with Gasteiger partial charge in [-0.25, -0.2) is 0 Å². The minimum Gasteiger partial charge on any atom is -0.314 e. The van der Waals surface area contributed by atoms with Gasteiger partial charge in [-0.1, -0.05) is 26.2 Å². The van der Waals surface area contributed by atoms with Crippen LogP contribution in [0.3, 0.4) is 0 Å². The summed E-state index contributed by atoms with van der Waals surface area (Å²) < 4.78 is 0. The molecule has 1 aliphatic carbocycles. The van der Waals surface area contributed by atoms with Crippen LogP contribution in [0.5, 0.6) is 0 Å². The van der Waals surface area contributed by atoms with Gasteiger partial charge in [-0.2, -0.15) is 0 Å². The molecule has 0 aromatic carbocycles. The molecule has 116 valence electrons. The Kier molecular flexibility index (Phi) is 11.4. The SMILES string of the molecule is CCN(CCN1CCNCC1)C1CCCCC1.Cl.Cl. The third kappa shape index (κ3) is 6.63. The number of nitrogens with one attached hydrogen (secondary N) is 1. The van der Waals surface area contributed by atoms with Crippen molar-refractivity contribution in [1.29, 1.82) is 0 Å². The largest absolute Gasteiger partial charge is 0.314 e. The molecule has 0 aromatic heterocycles. The van der Waals surface area contributed by atoms with Crippen LogP contribution in [0.1, 0.15) is 39.0 Å². The van der Waals surface area contributed by atoms with Crippen molar-refractivity contribution in [3.8, 4) is 0 Å². The van der Waals surface area contributed by atoms with Crippen molar-refractivity contribution < 1.29 is 0 Å². The molecule has 2 aliphatic rings. The molecule has 5 heteroatoms. The Morgan fingerprint density at radius 1 is 1.05 bits per heavy atom. The lowest BCUT2D eigenvalue weighted by Gasteiger charge is -2.36. The number of piperazine rings is 1. The first-order valence-electron chi connectivity index (χ1n) is 7.57. The van der Waals surface area contributed by atoms with Crippen LogP contribution in [0.25, 0.3) is 0 Å². The van der Waals surface area contributed by atoms with E-state index >= 15 is 0 Å². The third-order valence-corrected chi connectivity index (χ3v) is 4.41. The summed E-state index contributed by atoms with van der Waals surface area (Å²) in [4.78, 5) is 5.34. The van der Waals surface area contributed by atoms with Crippen molar-refractivity contribution in [3.63, 3.8) is 0 Å². The predicted molar refractivity (Wildman–Crippen MR) is 87.9 cm³/mol. The lowest BCUT2D eigenvalue weighted by atomic mass is 9.94. The van der Waals surface area contributed by atoms with Gasteiger partial charge in [-0.3, -0.25) is 9.80 Å². The van der Waals surface area contributed by atoms with E-state index in [4.69, 9.17) is 0 Å². The zero-order valence-corrected chi connectivity index (χ0v) is 13.9. The number of nitrogens with zero attached hydrogens (tertiary/aromatic N) is 2. The normalized spacial score (nSPS) is 21.8. The molecule has 0 atom stereocenters. The van der Waals surface area contributed by atoms with Crippen LogP contribution < -0.4 is 5.32 Å². The van der Waals surface area contributed by atoms with Crippen molar-refractivity contribution in [3.05, 3.63) is 0 Å². The Balaban J connectivity index is 0.00000162. The average molecular weight is 312 g/mol. The minimum absolute atomic E-state index is 0. The lowest BCUT2D eigenvalue weighted by Crippen LogP contribution is -2.48. The maximum atomic E-state index is 3.42. The zero-order valence-electron chi connectivity index (χ0n) is 12.3. The lowest BCUT2D eigenvalue weighted by molar-refractivity contribution is 0.133. The summed E-state index contributed by atoms with van der Waals surface area (Å²) >= 11 is 0. The number of halogens is 2. The molecule has 0 radical (unpaired) electrons. The fraction of sp³-hybridized carbons (Fsp3) is 1.00. The molecule has 0 unspecified atom stereocenters. The summed E-state index contributed by atoms with van der Waals surface area (Å²) in [5.74, 6) is 0. The van der Waals surface area contributed by atoms with Crippen LogP contribution in [0.15, 0.2) is 0 Å². The second kappa shape index (κ2) is 11.2. The maximum Gasteiger partial charge on any atom is 0.0112 e. The first kappa shape index (κ1) is 19.5. The van der Waals surface area contributed by atoms with Gasteiger partial charge in [0.15, 0.2) is 0 Å². The van der Waals surface area contributed by atoms with Gasteiger partial charge in [0.1, 0.15) is 0 Å². The summed E-state index contributed by atoms with van der Waals surface area (Å²) in [6.45, 7) is 10.9. The van der Waals surface area contributed by atoms with E-state index in [9.17, 15) is 0 Å². The molecule has 0 aromatic rings. The minimum atomic E-state index is 0. The predicted octanol–water partition coefficient (Wildman–Crippen LogP) is 2.39. The molecule has 1 heterocycles. The van der Waals surface area contributed by atoms with Crippen molar-refractivity contribution in [2.24, 2.45) is 0 Å². The van der Waals surface area contributed by atoms with Crippen LogP contribution >= 0.6 is 24.8 Å². The van der Waals surface area contributed by atoms with E-state index in [-0.39, 0.29) is 24.8 Å². The number of hydrogen-bond acceptors (Lipinski definition) is 3. The van der Waals surface area contributed by atoms with Crippen molar-refractivity contribution in [2.75, 3.05) is 45.8 Å². The van der Waals surface area contributed by atoms with Gasteiger partial charge in [0.2, 0.25) is 0 Å². The molecular formula is C14H31Cl2N3. The van der Waals surface area contributed by atoms with E-state index in [1.165, 1.54) is 77.9 Å². The Morgan fingerprint density at radius 2 is 1.68 bits per heavy atom. The maximum absolute atomic E-state index is 3.42. The van der Waals surface area contributed by atoms with Crippen LogP contribution in [0.2, 0.25) is 0 Å². The number of likely N-dealkylation sites (N-methyl/N-ethyl adjacent to an activating group) is 1. The summed E-state index contributed by atoms with van der Waals surface area (Å²) in [5.41, 5.74) is 0. The van der Waals surface area contributed by atoms with Crippen molar-refractivity contribution >= 4 is 24.8 Å². The molecule has 1 saturated heterocycles. The highest BCUT2D eigenvalue weighted by Crippen LogP contribution is 2.22. The molecule has 1 N–H and O–H groups in total. The quantitative estimate of drug-likeness (QED) is 0.841. The Hall–Kier alpha value is 0.460. The first-order valence-corrected chi connectivity index (χ1v) is 7.57. The molecule has 1 saturated carbocycles. The van der Waals surface area contributed by atoms with Gasteiger partial charge in [-0.15, -0.1) is 24.8 Å². The smallest absolute Gasteiger partial charge is 0.0112 e. The fourth-order valence-corrected chi connectivity index (χ4v) is 3.25. The van der Waals surface area contributed by atoms with Crippen LogP contribution in [0, 0.1) is 0 Å². The molecule has 0 spiro atoms. The van der Waals surface area contributed by atoms with Gasteiger partial charge in [0, 0.05) is 45.3 Å². The molecular weight excluding hydrogens is 281 g/mol. The van der Waals surface area contributed by atoms with Gasteiger partial charge in [0.05, 0.1) is 0 Å². The monoisotopic (exact) mass is 311 g/mol. The second-order valence-electron chi connectivity index (χ2n) is 5.51. The highest BCUT2D eigenvalue weighted by atomic mass is 35.5. The van der Waals surface area contributed by atoms with Gasteiger partial charge >= 0.3 is 0 Å². The molecule has 2 rings (SSSR count). The van der Waals surface area contributed by atoms with Gasteiger partial charge in [-0.05, 0) is 19.4 Å². The molecule has 0 bridgehead atoms. The van der Waals surface area contributed by atoms with E-state index in [1.54, 1.807) is 0 Å². The van der Waals surface area contributed by atoms with E-state index < -0.39 is 0 Å². The molecule has 0 amide bonds. The summed E-state index contributed by atoms with van der Waals surface area (Å²) in [5, 5.41) is 3.42. The summed E-state index contributed by atoms with van der Waals surface area (Å²) in [6, 6.07) is 0.886. The highest BCUT2D eigenvalue weighted by molar-refractivity contribution is 5.85. The van der Waals surface area contributed by atoms with E-state index in [0.29, 0.717) is 0 Å². The first-order chi connectivity index (χ1) is 8.40. The zero-order chi connectivity index (χ0) is 11.9. The summed E-state index contributed by atoms with van der Waals surface area (Å²) in [7, 11) is 0. The fourth-order valence-electron chi connectivity index (χ4n) is 3.25. The molecule has 2 fully saturated rings. The van der Waals surface area contributed by atoms with Crippen molar-refractivity contribution in [2.45, 2.75) is 45.1 Å². The standard InChI is InChI=1S/C14H29N3.2ClH/c1-2-17(14-6-4-3-5-7-14)13-12-16-10-8-15-9-11-16;;/h14-15H,2-13H2,1H3;2*1H. The molecule has 19 heavy (non-hydrogen) atoms. The van der Waals surface area contributed by atoms with Crippen LogP contribution in [0.4, 0.5) is 0 Å². The third-order valence-electron chi connectivity index (χ3n) is 4.41. The van der Waals surface area contributed by atoms with Gasteiger partial charge < -0.3 is 5.32 Å². The Morgan fingerprint density at radius 3 is 2.26 bits per heavy atom. The second-order valence-corrected chi connectivity index (χ2v) is 5.51. The van der Waals surface area contributed by atoms with Crippen LogP contribution in [-0.4, -0.2) is 61.7 Å². The van der Waals surface area contributed by atoms with Crippen LogP contribution in [-0.2, 0) is 0 Å². The Bertz CT molecular complexity index is 205. The average Bonchev–Trinajstić information content (AvgIpc) is 2.42.